The predicted molar refractivity (Wildman–Crippen MR) is 248 cm³/mol. The number of rotatable bonds is 7. The van der Waals surface area contributed by atoms with E-state index in [1.54, 1.807) is 5.56 Å². The van der Waals surface area contributed by atoms with E-state index < -0.39 is 0 Å². The molecule has 2 heterocycles. The third kappa shape index (κ3) is 6.99. The summed E-state index contributed by atoms with van der Waals surface area (Å²) < 4.78 is 0. The van der Waals surface area contributed by atoms with E-state index in [4.69, 9.17) is 9.98 Å². The van der Waals surface area contributed by atoms with Crippen molar-refractivity contribution in [2.24, 2.45) is 21.8 Å². The van der Waals surface area contributed by atoms with Crippen molar-refractivity contribution in [3.8, 4) is 0 Å². The maximum absolute atomic E-state index is 4.86. The van der Waals surface area contributed by atoms with Gasteiger partial charge in [-0.15, -0.1) is 0 Å². The molecular weight excluding hydrogens is 701 g/mol. The largest absolute Gasteiger partial charge is 0.285 e. The van der Waals surface area contributed by atoms with Gasteiger partial charge in [-0.05, 0) is 165 Å². The van der Waals surface area contributed by atoms with Crippen LogP contribution in [0.5, 0.6) is 0 Å². The first-order chi connectivity index (χ1) is 28.6. The molecule has 4 aliphatic carbocycles. The molecule has 0 bridgehead atoms. The van der Waals surface area contributed by atoms with Crippen LogP contribution < -0.4 is 10.4 Å². The lowest BCUT2D eigenvalue weighted by molar-refractivity contribution is 0.476. The van der Waals surface area contributed by atoms with Crippen LogP contribution in [-0.2, 0) is 0 Å². The van der Waals surface area contributed by atoms with E-state index in [2.05, 4.69) is 147 Å². The fourth-order valence-corrected chi connectivity index (χ4v) is 11.3. The molecule has 6 atom stereocenters. The van der Waals surface area contributed by atoms with Crippen LogP contribution in [0.1, 0.15) is 124 Å². The number of fused-ring (bicyclic) bond motifs is 2. The minimum Gasteiger partial charge on any atom is -0.285 e. The summed E-state index contributed by atoms with van der Waals surface area (Å²) in [5.41, 5.74) is 14.5. The Morgan fingerprint density at radius 2 is 1.50 bits per heavy atom. The highest BCUT2D eigenvalue weighted by atomic mass is 14.8. The van der Waals surface area contributed by atoms with Crippen LogP contribution in [0.4, 0.5) is 0 Å². The Hall–Kier alpha value is -5.34. The molecule has 6 unspecified atom stereocenters. The smallest absolute Gasteiger partial charge is 0.0746 e. The van der Waals surface area contributed by atoms with Gasteiger partial charge < -0.3 is 0 Å². The Balaban J connectivity index is 1.15. The summed E-state index contributed by atoms with van der Waals surface area (Å²) in [6, 6.07) is 30.5. The van der Waals surface area contributed by atoms with Gasteiger partial charge in [0.05, 0.1) is 6.04 Å². The zero-order chi connectivity index (χ0) is 39.0. The molecule has 2 nitrogen and oxygen atoms in total. The molecule has 2 aliphatic heterocycles. The summed E-state index contributed by atoms with van der Waals surface area (Å²) in [4.78, 5) is 9.70. The monoisotopic (exact) mass is 756 g/mol. The Morgan fingerprint density at radius 1 is 0.672 bits per heavy atom. The molecule has 0 aromatic heterocycles. The van der Waals surface area contributed by atoms with Crippen molar-refractivity contribution in [3.63, 3.8) is 0 Å². The lowest BCUT2D eigenvalue weighted by Crippen LogP contribution is -2.37. The van der Waals surface area contributed by atoms with Gasteiger partial charge in [0.25, 0.3) is 0 Å². The normalized spacial score (nSPS) is 26.7. The highest BCUT2D eigenvalue weighted by Crippen LogP contribution is 2.48. The number of hydrogen-bond acceptors (Lipinski definition) is 2. The van der Waals surface area contributed by atoms with Gasteiger partial charge in [-0.1, -0.05) is 141 Å². The SMILES string of the molecule is CC1C=C(C2=NC=CCC2)CCC1c1c2c(c(C3=CC=C(C4CC=CC=N4)CC3)c3ccc(C4C=C(c5ccccc5)C(C)C(c5ccccc5)C4)cc13)=CCCC=2. The van der Waals surface area contributed by atoms with Crippen LogP contribution in [0, 0.1) is 11.8 Å². The first-order valence-electron chi connectivity index (χ1n) is 22.2. The van der Waals surface area contributed by atoms with Crippen molar-refractivity contribution in [2.45, 2.75) is 102 Å². The van der Waals surface area contributed by atoms with Gasteiger partial charge >= 0.3 is 0 Å². The topological polar surface area (TPSA) is 24.7 Å². The van der Waals surface area contributed by atoms with Crippen molar-refractivity contribution in [3.05, 3.63) is 177 Å². The Labute approximate surface area is 345 Å². The van der Waals surface area contributed by atoms with E-state index in [1.165, 1.54) is 71.5 Å². The maximum atomic E-state index is 4.86. The minimum atomic E-state index is 0.284. The van der Waals surface area contributed by atoms with Gasteiger partial charge in [0, 0.05) is 24.0 Å². The fraction of sp³-hybridized carbons (Fsp3) is 0.321. The number of dihydropyridines is 1. The van der Waals surface area contributed by atoms with Gasteiger partial charge in [0.15, 0.2) is 0 Å². The number of allylic oxidation sites excluding steroid dienone is 9. The van der Waals surface area contributed by atoms with Gasteiger partial charge in [-0.3, -0.25) is 9.98 Å². The van der Waals surface area contributed by atoms with E-state index in [0.717, 1.165) is 64.2 Å². The molecule has 4 aromatic carbocycles. The highest BCUT2D eigenvalue weighted by molar-refractivity contribution is 6.01. The standard InChI is InChI=1S/C56H56N2/c1-37-33-44(54-22-12-14-32-58-54)28-29-46(37)56-48-20-10-9-19-47(48)55(42-25-23-41(24-26-42)53-21-11-13-31-57-53)49-30-27-43(34-52(49)56)45-35-50(39-15-5-3-6-16-39)38(2)51(36-45)40-17-7-4-8-18-40/h3-8,11,13-20,23,25,27,30-35,37-38,45-46,51,53H,9-10,12,21-22,24,26,28-29,36H2,1-2H3. The fourth-order valence-electron chi connectivity index (χ4n) is 11.3. The maximum Gasteiger partial charge on any atom is 0.0746 e. The Kier molecular flexibility index (Phi) is 10.3. The summed E-state index contributed by atoms with van der Waals surface area (Å²) in [5.74, 6) is 2.08. The summed E-state index contributed by atoms with van der Waals surface area (Å²) in [5, 5.41) is 5.90. The van der Waals surface area contributed by atoms with Crippen LogP contribution in [0.15, 0.2) is 149 Å². The molecule has 0 radical (unpaired) electrons. The number of aliphatic imine (C=N–C) groups is 2. The average Bonchev–Trinajstić information content (AvgIpc) is 3.29. The number of hydrogen-bond donors (Lipinski definition) is 0. The second kappa shape index (κ2) is 16.1. The molecule has 0 N–H and O–H groups in total. The second-order valence-corrected chi connectivity index (χ2v) is 17.6. The van der Waals surface area contributed by atoms with Crippen LogP contribution >= 0.6 is 0 Å². The van der Waals surface area contributed by atoms with Gasteiger partial charge in [0.1, 0.15) is 0 Å². The molecule has 4 aromatic rings. The molecule has 58 heavy (non-hydrogen) atoms. The highest BCUT2D eigenvalue weighted by Gasteiger charge is 2.33. The molecule has 6 aliphatic rings. The number of nitrogens with zero attached hydrogens (tertiary/aromatic N) is 2. The van der Waals surface area contributed by atoms with E-state index in [1.807, 2.05) is 12.4 Å². The summed E-state index contributed by atoms with van der Waals surface area (Å²) >= 11 is 0. The molecule has 0 saturated carbocycles. The second-order valence-electron chi connectivity index (χ2n) is 17.6. The molecular formula is C56H56N2. The van der Waals surface area contributed by atoms with Crippen LogP contribution in [0.3, 0.4) is 0 Å². The Morgan fingerprint density at radius 3 is 2.24 bits per heavy atom. The molecule has 0 fully saturated rings. The zero-order valence-electron chi connectivity index (χ0n) is 34.3. The van der Waals surface area contributed by atoms with Crippen molar-refractivity contribution in [1.82, 2.24) is 0 Å². The minimum absolute atomic E-state index is 0.284. The van der Waals surface area contributed by atoms with Crippen LogP contribution in [0.2, 0.25) is 0 Å². The summed E-state index contributed by atoms with van der Waals surface area (Å²) in [6.45, 7) is 4.93. The third-order valence-electron chi connectivity index (χ3n) is 14.3. The van der Waals surface area contributed by atoms with E-state index in [9.17, 15) is 0 Å². The van der Waals surface area contributed by atoms with Gasteiger partial charge in [0.2, 0.25) is 0 Å². The first-order valence-corrected chi connectivity index (χ1v) is 22.2. The van der Waals surface area contributed by atoms with Crippen molar-refractivity contribution in [2.75, 3.05) is 0 Å². The quantitative estimate of drug-likeness (QED) is 0.179. The zero-order valence-corrected chi connectivity index (χ0v) is 34.3. The van der Waals surface area contributed by atoms with Crippen LogP contribution in [-0.4, -0.2) is 18.0 Å². The molecule has 2 heteroatoms. The van der Waals surface area contributed by atoms with Crippen molar-refractivity contribution >= 4 is 46.0 Å². The summed E-state index contributed by atoms with van der Waals surface area (Å²) in [6.07, 6.45) is 36.7. The summed E-state index contributed by atoms with van der Waals surface area (Å²) in [7, 11) is 0. The average molecular weight is 757 g/mol. The predicted octanol–water partition coefficient (Wildman–Crippen LogP) is 12.9. The van der Waals surface area contributed by atoms with Gasteiger partial charge in [-0.2, -0.15) is 0 Å². The van der Waals surface area contributed by atoms with E-state index in [0.29, 0.717) is 29.6 Å². The molecule has 10 rings (SSSR count). The number of benzene rings is 4. The van der Waals surface area contributed by atoms with Crippen molar-refractivity contribution in [1.29, 1.82) is 0 Å². The first kappa shape index (κ1) is 37.0. The lowest BCUT2D eigenvalue weighted by Gasteiger charge is -2.36. The van der Waals surface area contributed by atoms with E-state index in [-0.39, 0.29) is 6.04 Å². The molecule has 0 spiro atoms. The third-order valence-corrected chi connectivity index (χ3v) is 14.3. The van der Waals surface area contributed by atoms with Crippen molar-refractivity contribution < 1.29 is 0 Å². The molecule has 290 valence electrons. The molecule has 0 amide bonds. The lowest BCUT2D eigenvalue weighted by atomic mass is 9.68. The molecule has 0 saturated heterocycles. The Bertz CT molecular complexity index is 2610. The van der Waals surface area contributed by atoms with Crippen LogP contribution in [0.25, 0.3) is 34.1 Å². The van der Waals surface area contributed by atoms with E-state index >= 15 is 0 Å². The van der Waals surface area contributed by atoms with Gasteiger partial charge in [-0.25, -0.2) is 0 Å².